The molecule has 0 saturated carbocycles. The minimum Gasteiger partial charge on any atom is -0.308 e. The number of carbonyl (C=O) groups is 2. The van der Waals surface area contributed by atoms with Gasteiger partial charge in [0.1, 0.15) is 0 Å². The molecule has 1 aliphatic rings. The van der Waals surface area contributed by atoms with Gasteiger partial charge in [-0.15, -0.1) is 0 Å². The third-order valence-electron chi connectivity index (χ3n) is 9.58. The van der Waals surface area contributed by atoms with Crippen LogP contribution in [0.2, 0.25) is 0 Å². The molecule has 0 fully saturated rings. The smallest absolute Gasteiger partial charge is 0.268 e. The van der Waals surface area contributed by atoms with Crippen LogP contribution in [0.1, 0.15) is 26.3 Å². The minimum atomic E-state index is -0.360. The normalized spacial score (nSPS) is 12.4. The number of rotatable bonds is 5. The van der Waals surface area contributed by atoms with Crippen LogP contribution in [0.5, 0.6) is 0 Å². The van der Waals surface area contributed by atoms with Gasteiger partial charge < -0.3 is 4.57 Å². The molecule has 2 heterocycles. The number of imide groups is 1. The van der Waals surface area contributed by atoms with Crippen molar-refractivity contribution in [2.45, 2.75) is 0 Å². The fourth-order valence-electron chi connectivity index (χ4n) is 7.29. The Kier molecular flexibility index (Phi) is 6.75. The Hall–Kier alpha value is -7.03. The van der Waals surface area contributed by atoms with E-state index in [0.717, 1.165) is 55.2 Å². The van der Waals surface area contributed by atoms with Crippen LogP contribution in [0.25, 0.3) is 60.9 Å². The molecule has 234 valence electrons. The van der Waals surface area contributed by atoms with Gasteiger partial charge in [0.05, 0.1) is 45.2 Å². The molecular formula is C45H27N3O2. The van der Waals surface area contributed by atoms with Crippen LogP contribution in [0.15, 0.2) is 164 Å². The van der Waals surface area contributed by atoms with E-state index in [0.29, 0.717) is 28.1 Å². The third kappa shape index (κ3) is 4.47. The molecule has 0 atom stereocenters. The molecule has 0 bridgehead atoms. The van der Waals surface area contributed by atoms with E-state index in [1.807, 2.05) is 133 Å². The van der Waals surface area contributed by atoms with Crippen molar-refractivity contribution in [1.29, 1.82) is 5.26 Å². The van der Waals surface area contributed by atoms with Crippen molar-refractivity contribution in [2.75, 3.05) is 4.90 Å². The first-order chi connectivity index (χ1) is 24.6. The monoisotopic (exact) mass is 641 g/mol. The van der Waals surface area contributed by atoms with E-state index in [1.165, 1.54) is 4.90 Å². The zero-order valence-electron chi connectivity index (χ0n) is 26.7. The average molecular weight is 642 g/mol. The summed E-state index contributed by atoms with van der Waals surface area (Å²) in [5.74, 6) is -0.711. The fraction of sp³-hybridized carbons (Fsp3) is 0. The first-order valence-corrected chi connectivity index (χ1v) is 16.4. The Morgan fingerprint density at radius 1 is 0.460 bits per heavy atom. The largest absolute Gasteiger partial charge is 0.308 e. The number of nitrogens with zero attached hydrogens (tertiary/aromatic N) is 3. The van der Waals surface area contributed by atoms with Crippen molar-refractivity contribution in [2.24, 2.45) is 0 Å². The number of aromatic nitrogens is 1. The predicted molar refractivity (Wildman–Crippen MR) is 199 cm³/mol. The highest BCUT2D eigenvalue weighted by atomic mass is 16.2. The lowest BCUT2D eigenvalue weighted by Gasteiger charge is -2.23. The van der Waals surface area contributed by atoms with E-state index in [-0.39, 0.29) is 11.8 Å². The quantitative estimate of drug-likeness (QED) is 0.176. The van der Waals surface area contributed by atoms with E-state index >= 15 is 0 Å². The lowest BCUT2D eigenvalue weighted by molar-refractivity contribution is 0.0926. The van der Waals surface area contributed by atoms with Crippen LogP contribution < -0.4 is 4.90 Å². The highest BCUT2D eigenvalue weighted by molar-refractivity contribution is 6.37. The first-order valence-electron chi connectivity index (χ1n) is 16.4. The Balaban J connectivity index is 1.25. The summed E-state index contributed by atoms with van der Waals surface area (Å²) >= 11 is 0. The summed E-state index contributed by atoms with van der Waals surface area (Å²) in [5, 5.41) is 11.3. The summed E-state index contributed by atoms with van der Waals surface area (Å²) in [4.78, 5) is 30.8. The summed E-state index contributed by atoms with van der Waals surface area (Å²) < 4.78 is 2.10. The van der Waals surface area contributed by atoms with Gasteiger partial charge in [0, 0.05) is 21.9 Å². The van der Waals surface area contributed by atoms with Gasteiger partial charge in [-0.2, -0.15) is 5.26 Å². The van der Waals surface area contributed by atoms with Crippen molar-refractivity contribution < 1.29 is 9.59 Å². The topological polar surface area (TPSA) is 66.1 Å². The first kappa shape index (κ1) is 29.1. The number of amides is 2. The molecule has 0 saturated heterocycles. The molecule has 5 nitrogen and oxygen atoms in total. The number of carbonyl (C=O) groups excluding carboxylic acids is 2. The van der Waals surface area contributed by atoms with Gasteiger partial charge in [-0.1, -0.05) is 121 Å². The van der Waals surface area contributed by atoms with Crippen LogP contribution in [0.3, 0.4) is 0 Å². The Labute approximate surface area is 288 Å². The molecule has 8 aromatic rings. The summed E-state index contributed by atoms with van der Waals surface area (Å²) in [6.45, 7) is 0. The van der Waals surface area contributed by atoms with Gasteiger partial charge in [0.2, 0.25) is 0 Å². The van der Waals surface area contributed by atoms with Crippen LogP contribution >= 0.6 is 0 Å². The molecule has 2 amide bonds. The highest BCUT2D eigenvalue weighted by Crippen LogP contribution is 2.45. The van der Waals surface area contributed by atoms with Crippen molar-refractivity contribution >= 4 is 39.3 Å². The molecule has 9 rings (SSSR count). The van der Waals surface area contributed by atoms with Crippen LogP contribution in [-0.2, 0) is 0 Å². The number of hydrogen-bond acceptors (Lipinski definition) is 3. The second-order valence-electron chi connectivity index (χ2n) is 12.4. The average Bonchev–Trinajstić information content (AvgIpc) is 3.65. The number of hydrogen-bond donors (Lipinski definition) is 0. The van der Waals surface area contributed by atoms with Crippen molar-refractivity contribution in [1.82, 2.24) is 4.57 Å². The summed E-state index contributed by atoms with van der Waals surface area (Å²) in [5.41, 5.74) is 9.88. The second kappa shape index (κ2) is 11.6. The molecule has 0 radical (unpaired) electrons. The Morgan fingerprint density at radius 2 is 1.04 bits per heavy atom. The summed E-state index contributed by atoms with van der Waals surface area (Å²) in [7, 11) is 0. The number of benzene rings is 7. The maximum absolute atomic E-state index is 14.9. The second-order valence-corrected chi connectivity index (χ2v) is 12.4. The molecule has 1 aromatic heterocycles. The van der Waals surface area contributed by atoms with Crippen molar-refractivity contribution in [3.8, 4) is 45.1 Å². The molecule has 1 aliphatic heterocycles. The van der Waals surface area contributed by atoms with E-state index in [1.54, 1.807) is 6.07 Å². The molecule has 50 heavy (non-hydrogen) atoms. The van der Waals surface area contributed by atoms with E-state index < -0.39 is 0 Å². The lowest BCUT2D eigenvalue weighted by Crippen LogP contribution is -2.30. The zero-order valence-corrected chi connectivity index (χ0v) is 26.7. The van der Waals surface area contributed by atoms with Gasteiger partial charge in [0.15, 0.2) is 0 Å². The van der Waals surface area contributed by atoms with Crippen molar-refractivity contribution in [3.63, 3.8) is 0 Å². The van der Waals surface area contributed by atoms with Crippen molar-refractivity contribution in [3.05, 3.63) is 180 Å². The van der Waals surface area contributed by atoms with Gasteiger partial charge in [-0.05, 0) is 64.7 Å². The lowest BCUT2D eigenvalue weighted by atomic mass is 9.95. The summed E-state index contributed by atoms with van der Waals surface area (Å²) in [6.07, 6.45) is 0. The standard InChI is InChI=1S/C45H27N3O2/c46-28-29-21-23-30(24-22-29)33-25-26-40-38(27-33)36-15-7-8-19-39(36)47(40)41-20-10-18-37-42(41)45(50)48(44(37)49)43-34(31-11-3-1-4-12-31)16-9-17-35(43)32-13-5-2-6-14-32/h1-27H. The predicted octanol–water partition coefficient (Wildman–Crippen LogP) is 10.5. The zero-order chi connectivity index (χ0) is 33.8. The Morgan fingerprint density at radius 3 is 1.72 bits per heavy atom. The fourth-order valence-corrected chi connectivity index (χ4v) is 7.29. The van der Waals surface area contributed by atoms with Gasteiger partial charge in [-0.3, -0.25) is 9.59 Å². The SMILES string of the molecule is N#Cc1ccc(-c2ccc3c(c2)c2ccccc2n3-c2cccc3c2C(=O)N(c2c(-c4ccccc4)cccc2-c2ccccc2)C3=O)cc1. The Bertz CT molecular complexity index is 2630. The molecule has 0 N–H and O–H groups in total. The van der Waals surface area contributed by atoms with Crippen LogP contribution in [0.4, 0.5) is 5.69 Å². The van der Waals surface area contributed by atoms with Gasteiger partial charge >= 0.3 is 0 Å². The summed E-state index contributed by atoms with van der Waals surface area (Å²) in [6, 6.07) is 55.4. The van der Waals surface area contributed by atoms with Gasteiger partial charge in [0.25, 0.3) is 11.8 Å². The number of anilines is 1. The highest BCUT2D eigenvalue weighted by Gasteiger charge is 2.41. The molecular weight excluding hydrogens is 615 g/mol. The van der Waals surface area contributed by atoms with Gasteiger partial charge in [-0.25, -0.2) is 4.90 Å². The molecule has 0 aliphatic carbocycles. The minimum absolute atomic E-state index is 0.351. The number of nitriles is 1. The number of para-hydroxylation sites is 2. The molecule has 5 heteroatoms. The third-order valence-corrected chi connectivity index (χ3v) is 9.58. The maximum Gasteiger partial charge on any atom is 0.268 e. The molecule has 0 unspecified atom stereocenters. The molecule has 0 spiro atoms. The van der Waals surface area contributed by atoms with Crippen LogP contribution in [-0.4, -0.2) is 16.4 Å². The van der Waals surface area contributed by atoms with E-state index in [4.69, 9.17) is 0 Å². The van der Waals surface area contributed by atoms with E-state index in [2.05, 4.69) is 34.9 Å². The maximum atomic E-state index is 14.9. The number of fused-ring (bicyclic) bond motifs is 4. The molecule has 7 aromatic carbocycles. The van der Waals surface area contributed by atoms with E-state index in [9.17, 15) is 14.9 Å². The van der Waals surface area contributed by atoms with Crippen LogP contribution in [0, 0.1) is 11.3 Å².